The monoisotopic (exact) mass is 452 g/mol. The smallest absolute Gasteiger partial charge is 0.335 e. The molecule has 2 N–H and O–H groups in total. The lowest BCUT2D eigenvalue weighted by Gasteiger charge is -2.30. The molecule has 6 nitrogen and oxygen atoms in total. The van der Waals surface area contributed by atoms with Gasteiger partial charge in [0.1, 0.15) is 0 Å². The second-order valence-corrected chi connectivity index (χ2v) is 8.16. The van der Waals surface area contributed by atoms with E-state index in [0.29, 0.717) is 30.4 Å². The number of likely N-dealkylation sites (tertiary alicyclic amines) is 1. The fourth-order valence-corrected chi connectivity index (χ4v) is 4.99. The van der Waals surface area contributed by atoms with Crippen molar-refractivity contribution in [2.24, 2.45) is 11.8 Å². The third-order valence-electron chi connectivity index (χ3n) is 6.43. The highest BCUT2D eigenvalue weighted by atomic mass is 35.5. The number of nitrogens with one attached hydrogen (secondary N) is 2. The average molecular weight is 453 g/mol. The van der Waals surface area contributed by atoms with E-state index in [2.05, 4.69) is 51.4 Å². The number of aryl methyl sites for hydroxylation is 3. The number of hydrogen-bond acceptors (Lipinski definition) is 4. The fourth-order valence-electron chi connectivity index (χ4n) is 4.99. The summed E-state index contributed by atoms with van der Waals surface area (Å²) in [6.07, 6.45) is 1.04. The molecule has 30 heavy (non-hydrogen) atoms. The summed E-state index contributed by atoms with van der Waals surface area (Å²) in [5, 5.41) is 3.50. The molecule has 2 aromatic rings. The summed E-state index contributed by atoms with van der Waals surface area (Å²) in [6.45, 7) is 8.61. The highest BCUT2D eigenvalue weighted by Gasteiger charge is 2.46. The van der Waals surface area contributed by atoms with Crippen molar-refractivity contribution in [3.63, 3.8) is 0 Å². The van der Waals surface area contributed by atoms with E-state index in [1.54, 1.807) is 0 Å². The van der Waals surface area contributed by atoms with Gasteiger partial charge in [-0.2, -0.15) is 4.98 Å². The van der Waals surface area contributed by atoms with Crippen LogP contribution in [0.25, 0.3) is 0 Å². The van der Waals surface area contributed by atoms with Gasteiger partial charge in [-0.25, -0.2) is 4.79 Å². The van der Waals surface area contributed by atoms with Gasteiger partial charge in [0, 0.05) is 43.4 Å². The van der Waals surface area contributed by atoms with Crippen LogP contribution in [0.5, 0.6) is 0 Å². The molecule has 2 aliphatic heterocycles. The maximum absolute atomic E-state index is 13.2. The van der Waals surface area contributed by atoms with Crippen molar-refractivity contribution in [1.29, 1.82) is 0 Å². The van der Waals surface area contributed by atoms with Crippen LogP contribution in [0.3, 0.4) is 0 Å². The highest BCUT2D eigenvalue weighted by Crippen LogP contribution is 2.43. The fraction of sp³-hybridized carbons (Fsp3) is 0.500. The third kappa shape index (κ3) is 4.56. The average Bonchev–Trinajstić information content (AvgIpc) is 3.22. The molecule has 0 radical (unpaired) electrons. The molecule has 3 atom stereocenters. The zero-order chi connectivity index (χ0) is 19.8. The zero-order valence-corrected chi connectivity index (χ0v) is 19.2. The predicted molar refractivity (Wildman–Crippen MR) is 123 cm³/mol. The van der Waals surface area contributed by atoms with Gasteiger partial charge in [0.25, 0.3) is 0 Å². The van der Waals surface area contributed by atoms with Gasteiger partial charge >= 0.3 is 5.69 Å². The molecule has 0 aliphatic carbocycles. The molecule has 2 saturated heterocycles. The Morgan fingerprint density at radius 3 is 2.60 bits per heavy atom. The van der Waals surface area contributed by atoms with Gasteiger partial charge in [-0.15, -0.1) is 24.8 Å². The molecular weight excluding hydrogens is 423 g/mol. The first-order valence-corrected chi connectivity index (χ1v) is 10.1. The van der Waals surface area contributed by atoms with Crippen LogP contribution in [0.4, 0.5) is 0 Å². The molecule has 2 fully saturated rings. The minimum atomic E-state index is -0.329. The normalized spacial score (nSPS) is 22.2. The molecule has 0 bridgehead atoms. The first kappa shape index (κ1) is 24.4. The minimum Gasteiger partial charge on any atom is -0.335 e. The first-order chi connectivity index (χ1) is 13.5. The number of aromatic amines is 1. The Labute approximate surface area is 189 Å². The molecule has 0 saturated carbocycles. The summed E-state index contributed by atoms with van der Waals surface area (Å²) in [7, 11) is 0. The van der Waals surface area contributed by atoms with Crippen molar-refractivity contribution < 1.29 is 4.79 Å². The van der Waals surface area contributed by atoms with Crippen LogP contribution in [0.15, 0.2) is 29.1 Å². The van der Waals surface area contributed by atoms with Crippen LogP contribution < -0.4 is 11.0 Å². The number of rotatable bonds is 4. The van der Waals surface area contributed by atoms with E-state index in [0.717, 1.165) is 30.9 Å². The van der Waals surface area contributed by atoms with Crippen molar-refractivity contribution in [2.45, 2.75) is 39.7 Å². The van der Waals surface area contributed by atoms with Crippen molar-refractivity contribution >= 4 is 30.7 Å². The van der Waals surface area contributed by atoms with E-state index in [1.165, 1.54) is 11.1 Å². The van der Waals surface area contributed by atoms with Crippen molar-refractivity contribution in [3.05, 3.63) is 62.8 Å². The molecule has 164 valence electrons. The van der Waals surface area contributed by atoms with Gasteiger partial charge in [0.2, 0.25) is 5.91 Å². The molecule has 1 aromatic carbocycles. The summed E-state index contributed by atoms with van der Waals surface area (Å²) in [5.41, 5.74) is 4.68. The first-order valence-electron chi connectivity index (χ1n) is 10.1. The van der Waals surface area contributed by atoms with Gasteiger partial charge in [-0.3, -0.25) is 4.79 Å². The van der Waals surface area contributed by atoms with Crippen LogP contribution in [0, 0.1) is 32.6 Å². The predicted octanol–water partition coefficient (Wildman–Crippen LogP) is 2.89. The Balaban J connectivity index is 0.00000160. The lowest BCUT2D eigenvalue weighted by Crippen LogP contribution is -2.35. The molecule has 0 spiro atoms. The molecule has 3 heterocycles. The number of carbonyl (C=O) groups excluding carboxylic acids is 1. The molecule has 8 heteroatoms. The van der Waals surface area contributed by atoms with Crippen molar-refractivity contribution in [2.75, 3.05) is 19.6 Å². The standard InChI is InChI=1S/C22H28N4O2.2ClH/c1-13-6-4-5-7-17(13)21-19-11-23-10-16(19)12-26(21)20(27)9-8-18-14(2)24-22(28)25-15(18)3;;/h4-7,16,19,21,23H,8-12H2,1-3H3,(H,24,25,28);2*1H/t16-,19-,21+;;/m0../s1. The molecule has 0 unspecified atom stereocenters. The van der Waals surface area contributed by atoms with E-state index < -0.39 is 0 Å². The van der Waals surface area contributed by atoms with E-state index in [9.17, 15) is 9.59 Å². The Morgan fingerprint density at radius 1 is 1.17 bits per heavy atom. The SMILES string of the molecule is Cc1ccccc1[C@@H]1[C@H]2CNC[C@H]2CN1C(=O)CCc1c(C)nc(=O)[nH]c1C.Cl.Cl. The lowest BCUT2D eigenvalue weighted by molar-refractivity contribution is -0.132. The number of halogens is 2. The summed E-state index contributed by atoms with van der Waals surface area (Å²) in [4.78, 5) is 33.6. The van der Waals surface area contributed by atoms with E-state index in [4.69, 9.17) is 0 Å². The number of amides is 1. The number of hydrogen-bond donors (Lipinski definition) is 2. The van der Waals surface area contributed by atoms with Crippen molar-refractivity contribution in [3.8, 4) is 0 Å². The summed E-state index contributed by atoms with van der Waals surface area (Å²) >= 11 is 0. The van der Waals surface area contributed by atoms with Gasteiger partial charge in [0.05, 0.1) is 6.04 Å². The Kier molecular flexibility index (Phi) is 8.08. The van der Waals surface area contributed by atoms with E-state index in [-0.39, 0.29) is 42.5 Å². The van der Waals surface area contributed by atoms with Crippen molar-refractivity contribution in [1.82, 2.24) is 20.2 Å². The van der Waals surface area contributed by atoms with Gasteiger partial charge in [-0.05, 0) is 49.8 Å². The summed E-state index contributed by atoms with van der Waals surface area (Å²) in [6, 6.07) is 8.57. The number of benzene rings is 1. The Morgan fingerprint density at radius 2 is 1.90 bits per heavy atom. The van der Waals surface area contributed by atoms with Crippen LogP contribution in [0.1, 0.15) is 40.5 Å². The van der Waals surface area contributed by atoms with Crippen LogP contribution >= 0.6 is 24.8 Å². The topological polar surface area (TPSA) is 78.1 Å². The third-order valence-corrected chi connectivity index (χ3v) is 6.43. The van der Waals surface area contributed by atoms with E-state index in [1.807, 2.05) is 13.8 Å². The van der Waals surface area contributed by atoms with E-state index >= 15 is 0 Å². The molecule has 4 rings (SSSR count). The van der Waals surface area contributed by atoms with Gasteiger partial charge < -0.3 is 15.2 Å². The maximum atomic E-state index is 13.2. The molecule has 1 amide bonds. The molecular formula is C22H30Cl2N4O2. The Bertz CT molecular complexity index is 936. The lowest BCUT2D eigenvalue weighted by atomic mass is 9.87. The zero-order valence-electron chi connectivity index (χ0n) is 17.6. The van der Waals surface area contributed by atoms with Crippen LogP contribution in [-0.2, 0) is 11.2 Å². The Hall–Kier alpha value is -1.89. The maximum Gasteiger partial charge on any atom is 0.345 e. The molecule has 2 aliphatic rings. The van der Waals surface area contributed by atoms with Crippen LogP contribution in [0.2, 0.25) is 0 Å². The number of H-pyrrole nitrogens is 1. The van der Waals surface area contributed by atoms with Gasteiger partial charge in [0.15, 0.2) is 0 Å². The van der Waals surface area contributed by atoms with Crippen LogP contribution in [-0.4, -0.2) is 40.4 Å². The second kappa shape index (κ2) is 9.94. The number of aromatic nitrogens is 2. The quantitative estimate of drug-likeness (QED) is 0.747. The van der Waals surface area contributed by atoms with Gasteiger partial charge in [-0.1, -0.05) is 24.3 Å². The number of fused-ring (bicyclic) bond motifs is 1. The highest BCUT2D eigenvalue weighted by molar-refractivity contribution is 5.85. The number of nitrogens with zero attached hydrogens (tertiary/aromatic N) is 2. The molecule has 1 aromatic heterocycles. The largest absolute Gasteiger partial charge is 0.345 e. The summed E-state index contributed by atoms with van der Waals surface area (Å²) in [5.74, 6) is 1.18. The number of carbonyl (C=O) groups is 1. The minimum absolute atomic E-state index is 0. The second-order valence-electron chi connectivity index (χ2n) is 8.16. The summed E-state index contributed by atoms with van der Waals surface area (Å²) < 4.78 is 0.